The van der Waals surface area contributed by atoms with Crippen LogP contribution >= 0.6 is 0 Å². The Morgan fingerprint density at radius 1 is 0.432 bits per heavy atom. The molecule has 2 heteroatoms. The molecule has 44 heavy (non-hydrogen) atoms. The third-order valence-electron chi connectivity index (χ3n) is 8.71. The maximum absolute atomic E-state index is 2.41. The first kappa shape index (κ1) is 30.8. The zero-order valence-corrected chi connectivity index (χ0v) is 26.0. The average molecular weight is 574 g/mol. The summed E-state index contributed by atoms with van der Waals surface area (Å²) in [5, 5.41) is 0. The standard InChI is InChI=1S/C24H20B.C18H24N/c1-5-13-21(14-6-1)25(22-15-7-2-8-16-22,23-17-9-3-10-18-23)24-19-11-4-12-20-24;1-2-3-4-9-14-19-15-10-8-13-18(19)16-17-11-6-5-7-12-17/h1-20H;5-8,10-13,15H,2-4,9,14,16H2,1H3/q-1;+1. The number of rotatable bonds is 11. The molecule has 0 fully saturated rings. The van der Waals surface area contributed by atoms with E-state index in [4.69, 9.17) is 0 Å². The van der Waals surface area contributed by atoms with Crippen LogP contribution in [0.15, 0.2) is 176 Å². The van der Waals surface area contributed by atoms with Gasteiger partial charge in [-0.25, -0.2) is 4.57 Å². The maximum atomic E-state index is 2.41. The molecule has 0 amide bonds. The molecule has 1 heterocycles. The number of aryl methyl sites for hydroxylation is 1. The molecule has 0 saturated heterocycles. The van der Waals surface area contributed by atoms with Gasteiger partial charge >= 0.3 is 0 Å². The Balaban J connectivity index is 0.000000182. The second-order valence-electron chi connectivity index (χ2n) is 11.6. The molecular weight excluding hydrogens is 529 g/mol. The van der Waals surface area contributed by atoms with Crippen LogP contribution in [0, 0.1) is 0 Å². The van der Waals surface area contributed by atoms with Gasteiger partial charge in [-0.3, -0.25) is 0 Å². The lowest BCUT2D eigenvalue weighted by molar-refractivity contribution is -0.704. The highest BCUT2D eigenvalue weighted by atomic mass is 14.9. The monoisotopic (exact) mass is 573 g/mol. The molecule has 0 aliphatic carbocycles. The lowest BCUT2D eigenvalue weighted by Gasteiger charge is -2.44. The second-order valence-corrected chi connectivity index (χ2v) is 11.6. The maximum Gasteiger partial charge on any atom is 0.185 e. The molecule has 0 spiro atoms. The summed E-state index contributed by atoms with van der Waals surface area (Å²) in [6.45, 7) is 3.40. The van der Waals surface area contributed by atoms with Gasteiger partial charge in [-0.15, -0.1) is 0 Å². The number of aromatic nitrogens is 1. The van der Waals surface area contributed by atoms with E-state index in [9.17, 15) is 0 Å². The van der Waals surface area contributed by atoms with Crippen LogP contribution in [0.25, 0.3) is 0 Å². The molecule has 0 aliphatic heterocycles. The first-order chi connectivity index (χ1) is 21.8. The van der Waals surface area contributed by atoms with Crippen molar-refractivity contribution in [3.05, 3.63) is 187 Å². The molecule has 0 bridgehead atoms. The third-order valence-corrected chi connectivity index (χ3v) is 8.71. The van der Waals surface area contributed by atoms with Gasteiger partial charge in [0.15, 0.2) is 11.9 Å². The molecule has 5 aromatic carbocycles. The van der Waals surface area contributed by atoms with Crippen molar-refractivity contribution >= 4 is 28.0 Å². The number of hydrogen-bond donors (Lipinski definition) is 0. The van der Waals surface area contributed by atoms with E-state index in [0.29, 0.717) is 0 Å². The van der Waals surface area contributed by atoms with Crippen LogP contribution in [-0.4, -0.2) is 6.15 Å². The topological polar surface area (TPSA) is 3.88 Å². The number of nitrogens with zero attached hydrogens (tertiary/aromatic N) is 1. The fourth-order valence-electron chi connectivity index (χ4n) is 6.53. The van der Waals surface area contributed by atoms with E-state index in [2.05, 4.69) is 188 Å². The van der Waals surface area contributed by atoms with Crippen LogP contribution in [0.4, 0.5) is 0 Å². The van der Waals surface area contributed by atoms with Gasteiger partial charge in [0.05, 0.1) is 6.42 Å². The normalized spacial score (nSPS) is 10.9. The molecule has 0 radical (unpaired) electrons. The lowest BCUT2D eigenvalue weighted by Crippen LogP contribution is -2.74. The second kappa shape index (κ2) is 16.2. The Kier molecular flexibility index (Phi) is 11.4. The highest BCUT2D eigenvalue weighted by Gasteiger charge is 2.31. The summed E-state index contributed by atoms with van der Waals surface area (Å²) in [7, 11) is 0. The highest BCUT2D eigenvalue weighted by Crippen LogP contribution is 2.09. The predicted molar refractivity (Wildman–Crippen MR) is 190 cm³/mol. The molecule has 0 saturated carbocycles. The summed E-state index contributed by atoms with van der Waals surface area (Å²) in [6.07, 6.45) is 7.29. The average Bonchev–Trinajstić information content (AvgIpc) is 3.10. The minimum absolute atomic E-state index is 1.02. The smallest absolute Gasteiger partial charge is 0.185 e. The van der Waals surface area contributed by atoms with Gasteiger partial charge in [0.2, 0.25) is 0 Å². The van der Waals surface area contributed by atoms with Crippen molar-refractivity contribution in [2.24, 2.45) is 0 Å². The van der Waals surface area contributed by atoms with E-state index < -0.39 is 6.15 Å². The first-order valence-corrected chi connectivity index (χ1v) is 16.2. The van der Waals surface area contributed by atoms with E-state index in [1.807, 2.05) is 0 Å². The third kappa shape index (κ3) is 7.63. The molecule has 1 nitrogen and oxygen atoms in total. The van der Waals surface area contributed by atoms with Gasteiger partial charge in [-0.1, -0.05) is 177 Å². The van der Waals surface area contributed by atoms with Crippen molar-refractivity contribution in [3.63, 3.8) is 0 Å². The van der Waals surface area contributed by atoms with E-state index in [1.165, 1.54) is 58.8 Å². The Labute approximate surface area is 264 Å². The molecule has 6 rings (SSSR count). The summed E-state index contributed by atoms with van der Waals surface area (Å²) < 4.78 is 2.41. The van der Waals surface area contributed by atoms with Gasteiger partial charge in [0.1, 0.15) is 12.7 Å². The van der Waals surface area contributed by atoms with Gasteiger partial charge in [-0.05, 0) is 12.0 Å². The molecule has 1 aromatic heterocycles. The molecule has 220 valence electrons. The van der Waals surface area contributed by atoms with Crippen LogP contribution < -0.4 is 26.4 Å². The lowest BCUT2D eigenvalue weighted by atomic mass is 9.13. The summed E-state index contributed by atoms with van der Waals surface area (Å²) in [5.41, 5.74) is 8.15. The number of pyridine rings is 1. The number of unbranched alkanes of at least 4 members (excludes halogenated alkanes) is 3. The van der Waals surface area contributed by atoms with Crippen LogP contribution in [0.3, 0.4) is 0 Å². The molecule has 0 unspecified atom stereocenters. The van der Waals surface area contributed by atoms with Crippen molar-refractivity contribution in [1.29, 1.82) is 0 Å². The number of hydrogen-bond acceptors (Lipinski definition) is 0. The van der Waals surface area contributed by atoms with Crippen LogP contribution in [-0.2, 0) is 13.0 Å². The van der Waals surface area contributed by atoms with Gasteiger partial charge in [0, 0.05) is 18.6 Å². The summed E-state index contributed by atoms with van der Waals surface area (Å²) in [4.78, 5) is 0. The Morgan fingerprint density at radius 3 is 1.27 bits per heavy atom. The number of benzene rings is 5. The molecule has 0 aliphatic rings. The van der Waals surface area contributed by atoms with Gasteiger partial charge in [-0.2, -0.15) is 21.9 Å². The van der Waals surface area contributed by atoms with E-state index in [1.54, 1.807) is 0 Å². The molecular formula is C42H44BN. The van der Waals surface area contributed by atoms with Crippen LogP contribution in [0.2, 0.25) is 0 Å². The predicted octanol–water partition coefficient (Wildman–Crippen LogP) is 7.21. The minimum Gasteiger partial charge on any atom is -0.202 e. The van der Waals surface area contributed by atoms with Gasteiger partial charge < -0.3 is 0 Å². The van der Waals surface area contributed by atoms with E-state index in [0.717, 1.165) is 13.0 Å². The van der Waals surface area contributed by atoms with E-state index in [-0.39, 0.29) is 0 Å². The van der Waals surface area contributed by atoms with Crippen LogP contribution in [0.1, 0.15) is 43.9 Å². The molecule has 6 aromatic rings. The van der Waals surface area contributed by atoms with E-state index >= 15 is 0 Å². The van der Waals surface area contributed by atoms with Crippen molar-refractivity contribution in [2.75, 3.05) is 0 Å². The SMILES string of the molecule is CCCCCC[n+]1ccccc1Cc1ccccc1.c1ccc([B-](c2ccccc2)(c2ccccc2)c2ccccc2)cc1. The Bertz CT molecular complexity index is 1470. The summed E-state index contributed by atoms with van der Waals surface area (Å²) >= 11 is 0. The highest BCUT2D eigenvalue weighted by molar-refractivity contribution is 7.19. The van der Waals surface area contributed by atoms with Crippen LogP contribution in [0.5, 0.6) is 0 Å². The van der Waals surface area contributed by atoms with Crippen molar-refractivity contribution < 1.29 is 4.57 Å². The first-order valence-electron chi connectivity index (χ1n) is 16.2. The Morgan fingerprint density at radius 2 is 0.841 bits per heavy atom. The fraction of sp³-hybridized carbons (Fsp3) is 0.167. The Hall–Kier alpha value is -4.69. The summed E-state index contributed by atoms with van der Waals surface area (Å²) in [6, 6.07) is 60.8. The van der Waals surface area contributed by atoms with Gasteiger partial charge in [0.25, 0.3) is 0 Å². The van der Waals surface area contributed by atoms with Crippen molar-refractivity contribution in [3.8, 4) is 0 Å². The minimum atomic E-state index is -1.22. The zero-order chi connectivity index (χ0) is 30.3. The van der Waals surface area contributed by atoms with Crippen molar-refractivity contribution in [1.82, 2.24) is 0 Å². The largest absolute Gasteiger partial charge is 0.202 e. The van der Waals surface area contributed by atoms with Crippen molar-refractivity contribution in [2.45, 2.75) is 45.6 Å². The molecule has 0 N–H and O–H groups in total. The molecule has 0 atom stereocenters. The fourth-order valence-corrected chi connectivity index (χ4v) is 6.53. The summed E-state index contributed by atoms with van der Waals surface area (Å²) in [5.74, 6) is 0. The quantitative estimate of drug-likeness (QED) is 0.0876. The zero-order valence-electron chi connectivity index (χ0n) is 26.0.